The van der Waals surface area contributed by atoms with Crippen molar-refractivity contribution in [2.75, 3.05) is 9.80 Å². The summed E-state index contributed by atoms with van der Waals surface area (Å²) in [5.41, 5.74) is -2.27. The van der Waals surface area contributed by atoms with E-state index >= 15 is 0 Å². The van der Waals surface area contributed by atoms with Gasteiger partial charge in [0.1, 0.15) is 0 Å². The highest BCUT2D eigenvalue weighted by molar-refractivity contribution is 6.19. The molecule has 178 valence electrons. The summed E-state index contributed by atoms with van der Waals surface area (Å²) >= 11 is 0. The van der Waals surface area contributed by atoms with Crippen LogP contribution in [0.5, 0.6) is 0 Å². The molecule has 0 aliphatic carbocycles. The van der Waals surface area contributed by atoms with Crippen molar-refractivity contribution in [3.63, 3.8) is 0 Å². The molecule has 0 saturated heterocycles. The lowest BCUT2D eigenvalue weighted by atomic mass is 9.89. The minimum absolute atomic E-state index is 0.321. The zero-order valence-electron chi connectivity index (χ0n) is 21.8. The van der Waals surface area contributed by atoms with Gasteiger partial charge in [-0.3, -0.25) is 19.2 Å². The number of carbonyl (C=O) groups is 4. The van der Waals surface area contributed by atoms with Crippen molar-refractivity contribution in [1.82, 2.24) is 0 Å². The Labute approximate surface area is 193 Å². The maximum Gasteiger partial charge on any atom is 0.239 e. The molecular weight excluding hydrogens is 404 g/mol. The third kappa shape index (κ3) is 6.27. The zero-order chi connectivity index (χ0) is 25.4. The van der Waals surface area contributed by atoms with Crippen LogP contribution in [-0.4, -0.2) is 23.6 Å². The Kier molecular flexibility index (Phi) is 7.57. The number of hydrogen-bond donors (Lipinski definition) is 0. The second kappa shape index (κ2) is 8.80. The highest BCUT2D eigenvalue weighted by Gasteiger charge is 2.39. The summed E-state index contributed by atoms with van der Waals surface area (Å²) < 4.78 is 0. The summed E-state index contributed by atoms with van der Waals surface area (Å²) in [6.07, 6.45) is 0. The lowest BCUT2D eigenvalue weighted by Crippen LogP contribution is -2.49. The summed E-state index contributed by atoms with van der Waals surface area (Å²) in [4.78, 5) is 55.0. The smallest absolute Gasteiger partial charge is 0.239 e. The standard InChI is InChI=1S/C26H40N2O4/c1-23(2,3)19(29)27(20(30)24(4,5)6)17-13-15-18(16-14-17)28(21(31)25(7,8)9)22(32)26(10,11)12/h13-16H,1-12H3. The fourth-order valence-corrected chi connectivity index (χ4v) is 2.75. The maximum atomic E-state index is 13.1. The van der Waals surface area contributed by atoms with Gasteiger partial charge >= 0.3 is 0 Å². The van der Waals surface area contributed by atoms with Gasteiger partial charge in [0.2, 0.25) is 23.6 Å². The molecule has 1 aromatic rings. The second-order valence-electron chi connectivity index (χ2n) is 12.4. The number of amides is 4. The maximum absolute atomic E-state index is 13.1. The van der Waals surface area contributed by atoms with E-state index < -0.39 is 21.7 Å². The van der Waals surface area contributed by atoms with E-state index in [1.807, 2.05) is 0 Å². The number of rotatable bonds is 2. The van der Waals surface area contributed by atoms with Crippen molar-refractivity contribution in [2.24, 2.45) is 21.7 Å². The lowest BCUT2D eigenvalue weighted by Gasteiger charge is -2.34. The van der Waals surface area contributed by atoms with E-state index in [9.17, 15) is 19.2 Å². The fourth-order valence-electron chi connectivity index (χ4n) is 2.75. The molecule has 0 saturated carbocycles. The fraction of sp³-hybridized carbons (Fsp3) is 0.615. The SMILES string of the molecule is CC(C)(C)C(=O)N(C(=O)C(C)(C)C)c1ccc(N(C(=O)C(C)(C)C)C(=O)C(C)(C)C)cc1. The molecule has 0 radical (unpaired) electrons. The van der Waals surface area contributed by atoms with Crippen LogP contribution in [0, 0.1) is 21.7 Å². The van der Waals surface area contributed by atoms with Crippen LogP contribution in [0.1, 0.15) is 83.1 Å². The van der Waals surface area contributed by atoms with Crippen molar-refractivity contribution in [1.29, 1.82) is 0 Å². The Balaban J connectivity index is 3.59. The number of nitrogens with zero attached hydrogens (tertiary/aromatic N) is 2. The summed E-state index contributed by atoms with van der Waals surface area (Å²) in [7, 11) is 0. The number of imide groups is 2. The molecule has 1 rings (SSSR count). The van der Waals surface area contributed by atoms with E-state index in [0.29, 0.717) is 11.4 Å². The number of anilines is 2. The van der Waals surface area contributed by atoms with E-state index in [2.05, 4.69) is 0 Å². The Hall–Kier alpha value is -2.50. The van der Waals surface area contributed by atoms with Crippen molar-refractivity contribution in [3.8, 4) is 0 Å². The predicted octanol–water partition coefficient (Wildman–Crippen LogP) is 5.59. The van der Waals surface area contributed by atoms with Gasteiger partial charge in [-0.25, -0.2) is 9.80 Å². The van der Waals surface area contributed by atoms with Crippen LogP contribution in [0.15, 0.2) is 24.3 Å². The monoisotopic (exact) mass is 444 g/mol. The van der Waals surface area contributed by atoms with Gasteiger partial charge in [0, 0.05) is 21.7 Å². The van der Waals surface area contributed by atoms with Gasteiger partial charge in [0.25, 0.3) is 0 Å². The molecule has 0 aliphatic rings. The average molecular weight is 445 g/mol. The van der Waals surface area contributed by atoms with E-state index in [1.54, 1.807) is 107 Å². The van der Waals surface area contributed by atoms with Crippen LogP contribution >= 0.6 is 0 Å². The molecular formula is C26H40N2O4. The molecule has 1 aromatic carbocycles. The van der Waals surface area contributed by atoms with E-state index in [1.165, 1.54) is 9.80 Å². The van der Waals surface area contributed by atoms with Crippen molar-refractivity contribution >= 4 is 35.0 Å². The Bertz CT molecular complexity index is 759. The van der Waals surface area contributed by atoms with Crippen LogP contribution < -0.4 is 9.80 Å². The van der Waals surface area contributed by atoms with Gasteiger partial charge in [0.15, 0.2) is 0 Å². The molecule has 0 aromatic heterocycles. The molecule has 0 aliphatic heterocycles. The quantitative estimate of drug-likeness (QED) is 0.596. The molecule has 0 N–H and O–H groups in total. The highest BCUT2D eigenvalue weighted by Crippen LogP contribution is 2.33. The molecule has 6 nitrogen and oxygen atoms in total. The van der Waals surface area contributed by atoms with Crippen molar-refractivity contribution in [3.05, 3.63) is 24.3 Å². The van der Waals surface area contributed by atoms with Gasteiger partial charge in [-0.2, -0.15) is 0 Å². The zero-order valence-corrected chi connectivity index (χ0v) is 21.8. The molecule has 0 unspecified atom stereocenters. The van der Waals surface area contributed by atoms with Gasteiger partial charge in [-0.15, -0.1) is 0 Å². The predicted molar refractivity (Wildman–Crippen MR) is 129 cm³/mol. The molecule has 0 spiro atoms. The summed E-state index contributed by atoms with van der Waals surface area (Å²) in [6.45, 7) is 21.1. The summed E-state index contributed by atoms with van der Waals surface area (Å²) in [6, 6.07) is 6.45. The summed E-state index contributed by atoms with van der Waals surface area (Å²) in [5, 5.41) is 0. The third-order valence-corrected chi connectivity index (χ3v) is 4.74. The minimum atomic E-state index is -0.768. The normalized spacial score (nSPS) is 12.9. The number of hydrogen-bond acceptors (Lipinski definition) is 4. The second-order valence-corrected chi connectivity index (χ2v) is 12.4. The van der Waals surface area contributed by atoms with E-state index in [4.69, 9.17) is 0 Å². The van der Waals surface area contributed by atoms with Gasteiger partial charge in [-0.05, 0) is 24.3 Å². The largest absolute Gasteiger partial charge is 0.273 e. The molecule has 0 heterocycles. The van der Waals surface area contributed by atoms with Crippen LogP contribution in [0.3, 0.4) is 0 Å². The first-order valence-electron chi connectivity index (χ1n) is 11.0. The first kappa shape index (κ1) is 27.5. The first-order chi connectivity index (χ1) is 14.1. The lowest BCUT2D eigenvalue weighted by molar-refractivity contribution is -0.136. The van der Waals surface area contributed by atoms with Crippen LogP contribution in [0.2, 0.25) is 0 Å². The Morgan fingerprint density at radius 3 is 0.719 bits per heavy atom. The molecule has 0 atom stereocenters. The van der Waals surface area contributed by atoms with Crippen LogP contribution in [-0.2, 0) is 19.2 Å². The molecule has 0 fully saturated rings. The molecule has 32 heavy (non-hydrogen) atoms. The van der Waals surface area contributed by atoms with Gasteiger partial charge in [0.05, 0.1) is 11.4 Å². The number of benzene rings is 1. The van der Waals surface area contributed by atoms with Crippen molar-refractivity contribution < 1.29 is 19.2 Å². The van der Waals surface area contributed by atoms with Crippen LogP contribution in [0.4, 0.5) is 11.4 Å². The first-order valence-corrected chi connectivity index (χ1v) is 11.0. The molecule has 0 bridgehead atoms. The van der Waals surface area contributed by atoms with E-state index in [0.717, 1.165) is 0 Å². The number of carbonyl (C=O) groups excluding carboxylic acids is 4. The highest BCUT2D eigenvalue weighted by atomic mass is 16.2. The average Bonchev–Trinajstić information content (AvgIpc) is 2.59. The van der Waals surface area contributed by atoms with Gasteiger partial charge in [-0.1, -0.05) is 83.1 Å². The summed E-state index contributed by atoms with van der Waals surface area (Å²) in [5.74, 6) is -1.28. The molecule has 6 heteroatoms. The van der Waals surface area contributed by atoms with Crippen molar-refractivity contribution in [2.45, 2.75) is 83.1 Å². The third-order valence-electron chi connectivity index (χ3n) is 4.74. The van der Waals surface area contributed by atoms with E-state index in [-0.39, 0.29) is 23.6 Å². The van der Waals surface area contributed by atoms with Gasteiger partial charge < -0.3 is 0 Å². The Morgan fingerprint density at radius 2 is 0.594 bits per heavy atom. The minimum Gasteiger partial charge on any atom is -0.273 e. The Morgan fingerprint density at radius 1 is 0.438 bits per heavy atom. The van der Waals surface area contributed by atoms with Crippen LogP contribution in [0.25, 0.3) is 0 Å². The molecule has 4 amide bonds. The topological polar surface area (TPSA) is 74.8 Å².